The number of aromatic nitrogens is 4. The van der Waals surface area contributed by atoms with Gasteiger partial charge in [0.25, 0.3) is 0 Å². The highest BCUT2D eigenvalue weighted by atomic mass is 16.5. The molecule has 1 aromatic carbocycles. The molecule has 39 heavy (non-hydrogen) atoms. The first kappa shape index (κ1) is 25.4. The SMILES string of the molecule is Cn1ncc2cc(Nc3ccnc4[nH]c(C5=CCN(C(=O)NC(C)(C)CN6CCOCC6)CC5)cc34)ccc21. The van der Waals surface area contributed by atoms with Gasteiger partial charge in [-0.05, 0) is 56.2 Å². The zero-order chi connectivity index (χ0) is 27.0. The Hall–Kier alpha value is -3.89. The summed E-state index contributed by atoms with van der Waals surface area (Å²) in [4.78, 5) is 25.3. The largest absolute Gasteiger partial charge is 0.379 e. The van der Waals surface area contributed by atoms with E-state index in [1.165, 1.54) is 5.57 Å². The maximum absolute atomic E-state index is 13.1. The highest BCUT2D eigenvalue weighted by Crippen LogP contribution is 2.31. The third-order valence-electron chi connectivity index (χ3n) is 7.57. The van der Waals surface area contributed by atoms with Gasteiger partial charge in [-0.25, -0.2) is 9.78 Å². The van der Waals surface area contributed by atoms with E-state index >= 15 is 0 Å². The van der Waals surface area contributed by atoms with Gasteiger partial charge in [-0.1, -0.05) is 6.08 Å². The number of anilines is 2. The summed E-state index contributed by atoms with van der Waals surface area (Å²) in [5, 5.41) is 13.2. The topological polar surface area (TPSA) is 103 Å². The van der Waals surface area contributed by atoms with Crippen LogP contribution in [0.1, 0.15) is 26.0 Å². The van der Waals surface area contributed by atoms with Crippen molar-refractivity contribution in [1.29, 1.82) is 0 Å². The van der Waals surface area contributed by atoms with E-state index in [0.717, 1.165) is 78.3 Å². The lowest BCUT2D eigenvalue weighted by Gasteiger charge is -2.37. The van der Waals surface area contributed by atoms with Gasteiger partial charge in [0.05, 0.1) is 30.6 Å². The number of aromatic amines is 1. The van der Waals surface area contributed by atoms with E-state index in [1.807, 2.05) is 35.1 Å². The summed E-state index contributed by atoms with van der Waals surface area (Å²) in [6.45, 7) is 9.56. The number of benzene rings is 1. The number of hydrogen-bond donors (Lipinski definition) is 3. The van der Waals surface area contributed by atoms with Crippen LogP contribution in [0.15, 0.2) is 48.8 Å². The van der Waals surface area contributed by atoms with Crippen molar-refractivity contribution in [2.75, 3.05) is 51.3 Å². The molecule has 2 aliphatic heterocycles. The molecule has 0 saturated carbocycles. The van der Waals surface area contributed by atoms with Gasteiger partial charge in [0, 0.05) is 73.7 Å². The summed E-state index contributed by atoms with van der Waals surface area (Å²) in [5.74, 6) is 0. The lowest BCUT2D eigenvalue weighted by atomic mass is 10.0. The van der Waals surface area contributed by atoms with Gasteiger partial charge in [-0.15, -0.1) is 0 Å². The fourth-order valence-electron chi connectivity index (χ4n) is 5.53. The molecule has 2 amide bonds. The van der Waals surface area contributed by atoms with E-state index in [9.17, 15) is 4.79 Å². The standard InChI is InChI=1S/C29H36N8O2/c1-29(2,19-36-12-14-39-15-13-36)34-28(38)37-10-7-20(8-11-37)25-17-23-24(6-9-30-27(23)33-25)32-22-4-5-26-21(16-22)18-31-35(26)3/h4-7,9,16-18H,8,10-15,19H2,1-3H3,(H,34,38)(H2,30,32,33). The van der Waals surface area contributed by atoms with Crippen molar-refractivity contribution in [2.24, 2.45) is 7.05 Å². The number of H-pyrrole nitrogens is 1. The molecule has 1 fully saturated rings. The molecule has 3 aromatic heterocycles. The summed E-state index contributed by atoms with van der Waals surface area (Å²) < 4.78 is 7.32. The van der Waals surface area contributed by atoms with Crippen molar-refractivity contribution in [3.05, 3.63) is 54.5 Å². The van der Waals surface area contributed by atoms with Crippen LogP contribution in [0.25, 0.3) is 27.5 Å². The highest BCUT2D eigenvalue weighted by molar-refractivity contribution is 5.95. The van der Waals surface area contributed by atoms with Gasteiger partial charge in [-0.3, -0.25) is 9.58 Å². The van der Waals surface area contributed by atoms with Crippen molar-refractivity contribution in [1.82, 2.24) is 34.9 Å². The van der Waals surface area contributed by atoms with Gasteiger partial charge in [-0.2, -0.15) is 5.10 Å². The summed E-state index contributed by atoms with van der Waals surface area (Å²) in [6, 6.07) is 10.4. The number of ether oxygens (including phenoxy) is 1. The van der Waals surface area contributed by atoms with Crippen LogP contribution in [-0.2, 0) is 11.8 Å². The molecule has 2 aliphatic rings. The number of urea groups is 1. The zero-order valence-electron chi connectivity index (χ0n) is 22.8. The monoisotopic (exact) mass is 528 g/mol. The number of rotatable bonds is 6. The van der Waals surface area contributed by atoms with Gasteiger partial charge in [0.15, 0.2) is 0 Å². The van der Waals surface area contributed by atoms with Gasteiger partial charge >= 0.3 is 6.03 Å². The number of hydrogen-bond acceptors (Lipinski definition) is 6. The van der Waals surface area contributed by atoms with Crippen molar-refractivity contribution in [2.45, 2.75) is 25.8 Å². The number of pyridine rings is 1. The van der Waals surface area contributed by atoms with E-state index in [-0.39, 0.29) is 11.6 Å². The normalized spacial score (nSPS) is 17.0. The molecular formula is C29H36N8O2. The Balaban J connectivity index is 1.13. The van der Waals surface area contributed by atoms with Gasteiger partial charge < -0.3 is 25.3 Å². The average Bonchev–Trinajstić information content (AvgIpc) is 3.53. The van der Waals surface area contributed by atoms with Crippen LogP contribution < -0.4 is 10.6 Å². The first-order chi connectivity index (χ1) is 18.8. The second-order valence-corrected chi connectivity index (χ2v) is 11.1. The molecule has 204 valence electrons. The lowest BCUT2D eigenvalue weighted by Crippen LogP contribution is -2.56. The Morgan fingerprint density at radius 1 is 1.15 bits per heavy atom. The maximum Gasteiger partial charge on any atom is 0.318 e. The van der Waals surface area contributed by atoms with Crippen molar-refractivity contribution in [3.63, 3.8) is 0 Å². The van der Waals surface area contributed by atoms with E-state index in [4.69, 9.17) is 4.74 Å². The third kappa shape index (κ3) is 5.48. The highest BCUT2D eigenvalue weighted by Gasteiger charge is 2.28. The predicted octanol–water partition coefficient (Wildman–Crippen LogP) is 4.10. The first-order valence-electron chi connectivity index (χ1n) is 13.6. The van der Waals surface area contributed by atoms with Crippen LogP contribution in [0.3, 0.4) is 0 Å². The summed E-state index contributed by atoms with van der Waals surface area (Å²) >= 11 is 0. The van der Waals surface area contributed by atoms with Crippen LogP contribution in [0.5, 0.6) is 0 Å². The fourth-order valence-corrected chi connectivity index (χ4v) is 5.53. The average molecular weight is 529 g/mol. The molecule has 3 N–H and O–H groups in total. The second-order valence-electron chi connectivity index (χ2n) is 11.1. The van der Waals surface area contributed by atoms with E-state index < -0.39 is 0 Å². The summed E-state index contributed by atoms with van der Waals surface area (Å²) in [7, 11) is 1.95. The predicted molar refractivity (Wildman–Crippen MR) is 154 cm³/mol. The molecule has 0 aliphatic carbocycles. The lowest BCUT2D eigenvalue weighted by molar-refractivity contribution is 0.0276. The van der Waals surface area contributed by atoms with E-state index in [2.05, 4.69) is 74.8 Å². The molecule has 0 bridgehead atoms. The number of carbonyl (C=O) groups excluding carboxylic acids is 1. The molecule has 4 aromatic rings. The number of aryl methyl sites for hydroxylation is 1. The van der Waals surface area contributed by atoms with E-state index in [0.29, 0.717) is 13.1 Å². The number of carbonyl (C=O) groups is 1. The van der Waals surface area contributed by atoms with Crippen LogP contribution in [-0.4, -0.2) is 87.1 Å². The third-order valence-corrected chi connectivity index (χ3v) is 7.57. The zero-order valence-corrected chi connectivity index (χ0v) is 22.8. The van der Waals surface area contributed by atoms with Crippen molar-refractivity contribution in [3.8, 4) is 0 Å². The minimum Gasteiger partial charge on any atom is -0.379 e. The number of amides is 2. The molecular weight excluding hydrogens is 492 g/mol. The number of nitrogens with one attached hydrogen (secondary N) is 3. The van der Waals surface area contributed by atoms with Crippen molar-refractivity contribution < 1.29 is 9.53 Å². The molecule has 10 nitrogen and oxygen atoms in total. The second kappa shape index (κ2) is 10.3. The van der Waals surface area contributed by atoms with Crippen molar-refractivity contribution >= 4 is 44.9 Å². The fraction of sp³-hybridized carbons (Fsp3) is 0.414. The summed E-state index contributed by atoms with van der Waals surface area (Å²) in [6.07, 6.45) is 6.62. The Kier molecular flexibility index (Phi) is 6.74. The summed E-state index contributed by atoms with van der Waals surface area (Å²) in [5.41, 5.74) is 5.85. The van der Waals surface area contributed by atoms with E-state index in [1.54, 1.807) is 0 Å². The molecule has 0 spiro atoms. The van der Waals surface area contributed by atoms with Gasteiger partial charge in [0.2, 0.25) is 0 Å². The molecule has 10 heteroatoms. The van der Waals surface area contributed by atoms with Gasteiger partial charge in [0.1, 0.15) is 5.65 Å². The molecule has 5 heterocycles. The van der Waals surface area contributed by atoms with Crippen LogP contribution >= 0.6 is 0 Å². The molecule has 1 saturated heterocycles. The first-order valence-corrected chi connectivity index (χ1v) is 13.6. The minimum absolute atomic E-state index is 0.0149. The molecule has 6 rings (SSSR count). The molecule has 0 atom stereocenters. The van der Waals surface area contributed by atoms with Crippen LogP contribution in [0, 0.1) is 0 Å². The minimum atomic E-state index is -0.313. The Morgan fingerprint density at radius 3 is 2.79 bits per heavy atom. The maximum atomic E-state index is 13.1. The molecule has 0 unspecified atom stereocenters. The number of fused-ring (bicyclic) bond motifs is 2. The Labute approximate surface area is 228 Å². The Bertz CT molecular complexity index is 1530. The number of nitrogens with zero attached hydrogens (tertiary/aromatic N) is 5. The smallest absolute Gasteiger partial charge is 0.318 e. The quantitative estimate of drug-likeness (QED) is 0.348. The van der Waals surface area contributed by atoms with Crippen LogP contribution in [0.4, 0.5) is 16.2 Å². The van der Waals surface area contributed by atoms with Crippen LogP contribution in [0.2, 0.25) is 0 Å². The Morgan fingerprint density at radius 2 is 2.00 bits per heavy atom. The number of morpholine rings is 1. The molecule has 0 radical (unpaired) electrons.